The molecule has 2 N–H and O–H groups in total. The summed E-state index contributed by atoms with van der Waals surface area (Å²) in [6.07, 6.45) is 5.06. The van der Waals surface area contributed by atoms with E-state index in [1.54, 1.807) is 6.20 Å². The van der Waals surface area contributed by atoms with E-state index in [1.807, 2.05) is 6.20 Å². The quantitative estimate of drug-likeness (QED) is 0.769. The molecule has 2 heterocycles. The maximum atomic E-state index is 11.2. The summed E-state index contributed by atoms with van der Waals surface area (Å²) in [5.41, 5.74) is 1.10. The average Bonchev–Trinajstić information content (AvgIpc) is 2.69. The van der Waals surface area contributed by atoms with Crippen molar-refractivity contribution in [2.75, 3.05) is 11.5 Å². The normalized spacial score (nSPS) is 21.6. The fraction of sp³-hybridized carbons (Fsp3) is 0.667. The highest BCUT2D eigenvalue weighted by Gasteiger charge is 2.22. The molecule has 0 bridgehead atoms. The van der Waals surface area contributed by atoms with Gasteiger partial charge in [0.15, 0.2) is 0 Å². The van der Waals surface area contributed by atoms with Gasteiger partial charge in [0.25, 0.3) is 0 Å². The lowest BCUT2D eigenvalue weighted by Gasteiger charge is -2.22. The molecular weight excluding hydrogens is 214 g/mol. The number of nitrogens with one attached hydrogen (secondary N) is 2. The maximum absolute atomic E-state index is 11.2. The van der Waals surface area contributed by atoms with Crippen LogP contribution in [0.4, 0.5) is 0 Å². The Kier molecular flexibility index (Phi) is 3.06. The van der Waals surface area contributed by atoms with Crippen molar-refractivity contribution < 1.29 is 8.42 Å². The highest BCUT2D eigenvalue weighted by Crippen LogP contribution is 2.12. The molecule has 0 spiro atoms. The molecule has 0 atom stereocenters. The first-order valence-electron chi connectivity index (χ1n) is 5.07. The number of H-pyrrole nitrogens is 1. The highest BCUT2D eigenvalue weighted by molar-refractivity contribution is 7.91. The number of hydrogen-bond donors (Lipinski definition) is 2. The van der Waals surface area contributed by atoms with Crippen molar-refractivity contribution in [2.24, 2.45) is 0 Å². The van der Waals surface area contributed by atoms with Crippen LogP contribution in [-0.4, -0.2) is 36.2 Å². The minimum Gasteiger partial charge on any atom is -0.310 e. The Hall–Kier alpha value is -0.880. The van der Waals surface area contributed by atoms with Crippen LogP contribution in [0.5, 0.6) is 0 Å². The Bertz CT molecular complexity index is 385. The Morgan fingerprint density at radius 1 is 1.47 bits per heavy atom. The van der Waals surface area contributed by atoms with Gasteiger partial charge in [-0.15, -0.1) is 0 Å². The second kappa shape index (κ2) is 4.32. The number of hydrogen-bond acceptors (Lipinski definition) is 4. The summed E-state index contributed by atoms with van der Waals surface area (Å²) < 4.78 is 22.4. The highest BCUT2D eigenvalue weighted by atomic mass is 32.2. The first-order chi connectivity index (χ1) is 7.16. The van der Waals surface area contributed by atoms with Gasteiger partial charge in [0.1, 0.15) is 9.84 Å². The summed E-state index contributed by atoms with van der Waals surface area (Å²) in [7, 11) is -2.75. The standard InChI is InChI=1S/C9H15N3O2S/c13-15(14)3-1-9(2-4-15)10-5-8-6-11-12-7-8/h6-7,9-10H,1-5H2,(H,11,12). The molecule has 84 valence electrons. The fourth-order valence-electron chi connectivity index (χ4n) is 1.73. The van der Waals surface area contributed by atoms with Crippen molar-refractivity contribution in [3.8, 4) is 0 Å². The Balaban J connectivity index is 1.78. The molecule has 1 aromatic rings. The molecule has 0 aliphatic carbocycles. The zero-order valence-corrected chi connectivity index (χ0v) is 9.26. The number of nitrogens with zero attached hydrogens (tertiary/aromatic N) is 1. The van der Waals surface area contributed by atoms with Crippen molar-refractivity contribution in [1.82, 2.24) is 15.5 Å². The van der Waals surface area contributed by atoms with Gasteiger partial charge in [-0.3, -0.25) is 5.10 Å². The van der Waals surface area contributed by atoms with E-state index in [0.717, 1.165) is 24.9 Å². The van der Waals surface area contributed by atoms with Crippen molar-refractivity contribution in [2.45, 2.75) is 25.4 Å². The van der Waals surface area contributed by atoms with Crippen LogP contribution in [0.3, 0.4) is 0 Å². The van der Waals surface area contributed by atoms with E-state index in [9.17, 15) is 8.42 Å². The monoisotopic (exact) mass is 229 g/mol. The fourth-order valence-corrected chi connectivity index (χ4v) is 3.22. The van der Waals surface area contributed by atoms with E-state index in [-0.39, 0.29) is 0 Å². The third-order valence-electron chi connectivity index (χ3n) is 2.70. The minimum absolute atomic E-state index is 0.316. The predicted molar refractivity (Wildman–Crippen MR) is 57.1 cm³/mol. The van der Waals surface area contributed by atoms with Crippen LogP contribution >= 0.6 is 0 Å². The molecule has 5 nitrogen and oxygen atoms in total. The molecule has 0 saturated carbocycles. The van der Waals surface area contributed by atoms with Crippen LogP contribution in [0, 0.1) is 0 Å². The zero-order valence-electron chi connectivity index (χ0n) is 8.44. The maximum Gasteiger partial charge on any atom is 0.150 e. The Labute approximate surface area is 89.2 Å². The van der Waals surface area contributed by atoms with Gasteiger partial charge < -0.3 is 5.32 Å². The molecule has 1 aromatic heterocycles. The van der Waals surface area contributed by atoms with Gasteiger partial charge in [0.05, 0.1) is 17.7 Å². The van der Waals surface area contributed by atoms with Crippen LogP contribution < -0.4 is 5.32 Å². The molecule has 0 unspecified atom stereocenters. The summed E-state index contributed by atoms with van der Waals surface area (Å²) in [5.74, 6) is 0.631. The molecule has 6 heteroatoms. The molecule has 15 heavy (non-hydrogen) atoms. The van der Waals surface area contributed by atoms with Crippen LogP contribution in [0.2, 0.25) is 0 Å². The second-order valence-electron chi connectivity index (χ2n) is 3.91. The molecule has 0 radical (unpaired) electrons. The van der Waals surface area contributed by atoms with Crippen LogP contribution in [0.15, 0.2) is 12.4 Å². The zero-order chi connectivity index (χ0) is 10.7. The third-order valence-corrected chi connectivity index (χ3v) is 4.42. The first kappa shape index (κ1) is 10.6. The van der Waals surface area contributed by atoms with Crippen LogP contribution in [0.1, 0.15) is 18.4 Å². The van der Waals surface area contributed by atoms with Gasteiger partial charge in [-0.2, -0.15) is 5.10 Å². The molecule has 1 aliphatic heterocycles. The average molecular weight is 229 g/mol. The third kappa shape index (κ3) is 3.04. The Morgan fingerprint density at radius 3 is 2.80 bits per heavy atom. The van der Waals surface area contributed by atoms with E-state index in [2.05, 4.69) is 15.5 Å². The number of sulfone groups is 1. The largest absolute Gasteiger partial charge is 0.310 e. The molecule has 2 rings (SSSR count). The summed E-state index contributed by atoms with van der Waals surface area (Å²) in [5, 5.41) is 9.93. The lowest BCUT2D eigenvalue weighted by atomic mass is 10.1. The first-order valence-corrected chi connectivity index (χ1v) is 6.89. The summed E-state index contributed by atoms with van der Waals surface area (Å²) in [4.78, 5) is 0. The van der Waals surface area contributed by atoms with Crippen molar-refractivity contribution in [3.63, 3.8) is 0 Å². The molecular formula is C9H15N3O2S. The van der Waals surface area contributed by atoms with E-state index in [0.29, 0.717) is 17.5 Å². The topological polar surface area (TPSA) is 74.8 Å². The van der Waals surface area contributed by atoms with Gasteiger partial charge in [0.2, 0.25) is 0 Å². The SMILES string of the molecule is O=S1(=O)CCC(NCc2cn[nH]c2)CC1. The van der Waals surface area contributed by atoms with E-state index in [4.69, 9.17) is 0 Å². The van der Waals surface area contributed by atoms with Gasteiger partial charge >= 0.3 is 0 Å². The molecule has 1 fully saturated rings. The summed E-state index contributed by atoms with van der Waals surface area (Å²) >= 11 is 0. The summed E-state index contributed by atoms with van der Waals surface area (Å²) in [6, 6.07) is 0.323. The van der Waals surface area contributed by atoms with E-state index >= 15 is 0 Å². The minimum atomic E-state index is -2.75. The molecule has 1 saturated heterocycles. The molecule has 0 amide bonds. The van der Waals surface area contributed by atoms with Crippen molar-refractivity contribution in [3.05, 3.63) is 18.0 Å². The van der Waals surface area contributed by atoms with Crippen LogP contribution in [-0.2, 0) is 16.4 Å². The number of aromatic nitrogens is 2. The van der Waals surface area contributed by atoms with Gasteiger partial charge in [-0.25, -0.2) is 8.42 Å². The van der Waals surface area contributed by atoms with Gasteiger partial charge in [-0.05, 0) is 12.8 Å². The van der Waals surface area contributed by atoms with Gasteiger partial charge in [0, 0.05) is 24.3 Å². The molecule has 1 aliphatic rings. The molecule has 0 aromatic carbocycles. The van der Waals surface area contributed by atoms with E-state index in [1.165, 1.54) is 0 Å². The number of aromatic amines is 1. The van der Waals surface area contributed by atoms with Gasteiger partial charge in [-0.1, -0.05) is 0 Å². The van der Waals surface area contributed by atoms with Crippen LogP contribution in [0.25, 0.3) is 0 Å². The predicted octanol–water partition coefficient (Wildman–Crippen LogP) is 0.0765. The summed E-state index contributed by atoms with van der Waals surface area (Å²) in [6.45, 7) is 0.751. The lowest BCUT2D eigenvalue weighted by molar-refractivity contribution is 0.463. The van der Waals surface area contributed by atoms with Crippen molar-refractivity contribution in [1.29, 1.82) is 0 Å². The van der Waals surface area contributed by atoms with E-state index < -0.39 is 9.84 Å². The smallest absolute Gasteiger partial charge is 0.150 e. The lowest BCUT2D eigenvalue weighted by Crippen LogP contribution is -2.37. The Morgan fingerprint density at radius 2 is 2.20 bits per heavy atom. The van der Waals surface area contributed by atoms with Crippen molar-refractivity contribution >= 4 is 9.84 Å². The number of rotatable bonds is 3. The second-order valence-corrected chi connectivity index (χ2v) is 6.22.